The van der Waals surface area contributed by atoms with E-state index in [0.29, 0.717) is 13.1 Å². The van der Waals surface area contributed by atoms with Gasteiger partial charge in [0, 0.05) is 23.7 Å². The molecule has 2 N–H and O–H groups in total. The summed E-state index contributed by atoms with van der Waals surface area (Å²) in [6, 6.07) is 16.7. The number of fused-ring (bicyclic) bond motifs is 1. The van der Waals surface area contributed by atoms with Gasteiger partial charge in [0.2, 0.25) is 17.7 Å². The second-order valence-electron chi connectivity index (χ2n) is 6.96. The number of carbonyl (C=O) groups is 3. The lowest BCUT2D eigenvalue weighted by molar-refractivity contribution is -0.136. The summed E-state index contributed by atoms with van der Waals surface area (Å²) in [6.45, 7) is 0.906. The summed E-state index contributed by atoms with van der Waals surface area (Å²) < 4.78 is 0. The van der Waals surface area contributed by atoms with Gasteiger partial charge in [-0.1, -0.05) is 30.3 Å². The Morgan fingerprint density at radius 3 is 2.64 bits per heavy atom. The molecule has 0 radical (unpaired) electrons. The molecule has 4 rings (SSSR count). The van der Waals surface area contributed by atoms with Gasteiger partial charge >= 0.3 is 0 Å². The smallest absolute Gasteiger partial charge is 0.247 e. The molecule has 2 heterocycles. The first-order chi connectivity index (χ1) is 13.6. The van der Waals surface area contributed by atoms with E-state index in [1.807, 2.05) is 54.6 Å². The van der Waals surface area contributed by atoms with Crippen molar-refractivity contribution in [3.05, 3.63) is 54.6 Å². The number of para-hydroxylation sites is 2. The number of piperidine rings is 1. The molecule has 1 fully saturated rings. The molecule has 1 saturated heterocycles. The zero-order valence-electron chi connectivity index (χ0n) is 15.3. The van der Waals surface area contributed by atoms with Crippen molar-refractivity contribution in [3.8, 4) is 0 Å². The Labute approximate surface area is 167 Å². The summed E-state index contributed by atoms with van der Waals surface area (Å²) in [5.41, 5.74) is 1.48. The quantitative estimate of drug-likeness (QED) is 0.783. The van der Waals surface area contributed by atoms with Crippen molar-refractivity contribution in [1.82, 2.24) is 4.90 Å². The first-order valence-corrected chi connectivity index (χ1v) is 10.2. The van der Waals surface area contributed by atoms with Crippen molar-refractivity contribution in [2.75, 3.05) is 23.7 Å². The van der Waals surface area contributed by atoms with Crippen LogP contribution >= 0.6 is 11.8 Å². The van der Waals surface area contributed by atoms with Crippen molar-refractivity contribution in [2.45, 2.75) is 23.0 Å². The Balaban J connectivity index is 1.42. The maximum atomic E-state index is 13.0. The Morgan fingerprint density at radius 2 is 1.82 bits per heavy atom. The fourth-order valence-corrected chi connectivity index (χ4v) is 4.61. The van der Waals surface area contributed by atoms with E-state index in [9.17, 15) is 14.4 Å². The van der Waals surface area contributed by atoms with Gasteiger partial charge in [-0.25, -0.2) is 0 Å². The van der Waals surface area contributed by atoms with Crippen LogP contribution in [0.1, 0.15) is 12.8 Å². The van der Waals surface area contributed by atoms with E-state index in [-0.39, 0.29) is 23.6 Å². The number of rotatable bonds is 3. The van der Waals surface area contributed by atoms with E-state index in [1.165, 1.54) is 11.8 Å². The summed E-state index contributed by atoms with van der Waals surface area (Å²) in [4.78, 5) is 40.6. The molecule has 2 atom stereocenters. The molecule has 144 valence electrons. The Bertz CT molecular complexity index is 903. The predicted octanol–water partition coefficient (Wildman–Crippen LogP) is 2.98. The number of likely N-dealkylation sites (tertiary alicyclic amines) is 1. The highest BCUT2D eigenvalue weighted by molar-refractivity contribution is 8.01. The fourth-order valence-electron chi connectivity index (χ4n) is 3.54. The summed E-state index contributed by atoms with van der Waals surface area (Å²) in [7, 11) is 0. The van der Waals surface area contributed by atoms with Crippen LogP contribution in [0.4, 0.5) is 11.4 Å². The molecule has 2 aliphatic heterocycles. The number of hydrogen-bond acceptors (Lipinski definition) is 4. The Kier molecular flexibility index (Phi) is 5.34. The number of anilines is 2. The molecule has 0 aliphatic carbocycles. The molecule has 0 unspecified atom stereocenters. The average Bonchev–Trinajstić information content (AvgIpc) is 2.73. The standard InChI is InChI=1S/C21H21N3O3S/c25-19(22-15-8-2-1-3-9-15)14-7-6-12-24(13-14)21(27)18-20(26)23-16-10-4-5-11-17(16)28-18/h1-5,8-11,14,18H,6-7,12-13H2,(H,22,25)(H,23,26)/t14-,18+/m1/s1. The molecule has 7 heteroatoms. The summed E-state index contributed by atoms with van der Waals surface area (Å²) >= 11 is 1.28. The number of thioether (sulfide) groups is 1. The van der Waals surface area contributed by atoms with Gasteiger partial charge in [-0.3, -0.25) is 14.4 Å². The number of amides is 3. The lowest BCUT2D eigenvalue weighted by atomic mass is 9.96. The second-order valence-corrected chi connectivity index (χ2v) is 8.11. The first-order valence-electron chi connectivity index (χ1n) is 9.33. The highest BCUT2D eigenvalue weighted by atomic mass is 32.2. The monoisotopic (exact) mass is 395 g/mol. The predicted molar refractivity (Wildman–Crippen MR) is 109 cm³/mol. The van der Waals surface area contributed by atoms with Crippen LogP contribution in [0.15, 0.2) is 59.5 Å². The highest BCUT2D eigenvalue weighted by Gasteiger charge is 2.38. The third kappa shape index (κ3) is 3.89. The van der Waals surface area contributed by atoms with E-state index in [1.54, 1.807) is 4.90 Å². The maximum absolute atomic E-state index is 13.0. The second kappa shape index (κ2) is 8.06. The molecule has 6 nitrogen and oxygen atoms in total. The molecule has 2 aromatic carbocycles. The molecule has 28 heavy (non-hydrogen) atoms. The lowest BCUT2D eigenvalue weighted by Crippen LogP contribution is -2.50. The third-order valence-electron chi connectivity index (χ3n) is 5.00. The molecule has 3 amide bonds. The topological polar surface area (TPSA) is 78.5 Å². The molecular weight excluding hydrogens is 374 g/mol. The molecule has 0 aromatic heterocycles. The summed E-state index contributed by atoms with van der Waals surface area (Å²) in [5, 5.41) is 4.91. The van der Waals surface area contributed by atoms with Gasteiger partial charge in [-0.2, -0.15) is 0 Å². The van der Waals surface area contributed by atoms with Gasteiger partial charge < -0.3 is 15.5 Å². The van der Waals surface area contributed by atoms with Crippen molar-refractivity contribution < 1.29 is 14.4 Å². The minimum Gasteiger partial charge on any atom is -0.340 e. The molecule has 0 bridgehead atoms. The van der Waals surface area contributed by atoms with Crippen molar-refractivity contribution in [1.29, 1.82) is 0 Å². The van der Waals surface area contributed by atoms with Crippen molar-refractivity contribution in [2.24, 2.45) is 5.92 Å². The van der Waals surface area contributed by atoms with Crippen LogP contribution in [0.3, 0.4) is 0 Å². The van der Waals surface area contributed by atoms with Gasteiger partial charge in [-0.05, 0) is 37.1 Å². The van der Waals surface area contributed by atoms with Gasteiger partial charge in [-0.15, -0.1) is 11.8 Å². The van der Waals surface area contributed by atoms with Crippen LogP contribution in [0.2, 0.25) is 0 Å². The minimum atomic E-state index is -0.814. The van der Waals surface area contributed by atoms with Crippen LogP contribution in [-0.4, -0.2) is 41.0 Å². The van der Waals surface area contributed by atoms with E-state index >= 15 is 0 Å². The summed E-state index contributed by atoms with van der Waals surface area (Å²) in [5.74, 6) is -0.893. The Hall–Kier alpha value is -2.80. The van der Waals surface area contributed by atoms with Crippen molar-refractivity contribution in [3.63, 3.8) is 0 Å². The Morgan fingerprint density at radius 1 is 1.07 bits per heavy atom. The minimum absolute atomic E-state index is 0.0882. The average molecular weight is 395 g/mol. The van der Waals surface area contributed by atoms with Crippen molar-refractivity contribution >= 4 is 40.9 Å². The van der Waals surface area contributed by atoms with Crippen LogP contribution in [0.5, 0.6) is 0 Å². The summed E-state index contributed by atoms with van der Waals surface area (Å²) in [6.07, 6.45) is 1.48. The zero-order valence-corrected chi connectivity index (χ0v) is 16.1. The van der Waals surface area contributed by atoms with Gasteiger partial charge in [0.1, 0.15) is 0 Å². The van der Waals surface area contributed by atoms with E-state index in [4.69, 9.17) is 0 Å². The number of hydrogen-bond donors (Lipinski definition) is 2. The molecule has 2 aromatic rings. The van der Waals surface area contributed by atoms with Gasteiger partial charge in [0.25, 0.3) is 0 Å². The maximum Gasteiger partial charge on any atom is 0.247 e. The molecule has 0 spiro atoms. The van der Waals surface area contributed by atoms with Crippen LogP contribution < -0.4 is 10.6 Å². The largest absolute Gasteiger partial charge is 0.340 e. The van der Waals surface area contributed by atoms with E-state index in [0.717, 1.165) is 29.1 Å². The van der Waals surface area contributed by atoms with Gasteiger partial charge in [0.15, 0.2) is 5.25 Å². The van der Waals surface area contributed by atoms with Crippen LogP contribution in [-0.2, 0) is 14.4 Å². The van der Waals surface area contributed by atoms with Gasteiger partial charge in [0.05, 0.1) is 11.6 Å². The number of benzene rings is 2. The number of nitrogens with one attached hydrogen (secondary N) is 2. The number of carbonyl (C=O) groups excluding carboxylic acids is 3. The van der Waals surface area contributed by atoms with Crippen LogP contribution in [0, 0.1) is 5.92 Å². The third-order valence-corrected chi connectivity index (χ3v) is 6.26. The zero-order chi connectivity index (χ0) is 19.5. The van der Waals surface area contributed by atoms with E-state index in [2.05, 4.69) is 10.6 Å². The normalized spacial score (nSPS) is 21.4. The fraction of sp³-hybridized carbons (Fsp3) is 0.286. The SMILES string of the molecule is O=C(Nc1ccccc1)[C@@H]1CCCN(C(=O)[C@H]2Sc3ccccc3NC2=O)C1. The number of nitrogens with zero attached hydrogens (tertiary/aromatic N) is 1. The lowest BCUT2D eigenvalue weighted by Gasteiger charge is -2.35. The molecule has 2 aliphatic rings. The van der Waals surface area contributed by atoms with Crippen LogP contribution in [0.25, 0.3) is 0 Å². The molecular formula is C21H21N3O3S. The van der Waals surface area contributed by atoms with E-state index < -0.39 is 5.25 Å². The molecule has 0 saturated carbocycles. The first kappa shape index (κ1) is 18.6. The highest BCUT2D eigenvalue weighted by Crippen LogP contribution is 2.36.